The average molecular weight is 245 g/mol. The Balaban J connectivity index is 2.58. The molecule has 0 unspecified atom stereocenters. The van der Waals surface area contributed by atoms with Crippen LogP contribution in [0.3, 0.4) is 0 Å². The fraction of sp³-hybridized carbons (Fsp3) is 0.222. The van der Waals surface area contributed by atoms with Crippen LogP contribution in [0.4, 0.5) is 5.82 Å². The zero-order valence-electron chi connectivity index (χ0n) is 7.99. The molecule has 4 nitrogen and oxygen atoms in total. The van der Waals surface area contributed by atoms with E-state index in [0.29, 0.717) is 10.8 Å². The molecule has 0 aliphatic rings. The Morgan fingerprint density at radius 2 is 2.40 bits per heavy atom. The molecular formula is C9H9ClN2O2S. The third kappa shape index (κ3) is 3.81. The Bertz CT molecular complexity index is 367. The number of nitrogens with one attached hydrogen (secondary N) is 1. The molecule has 0 bridgehead atoms. The van der Waals surface area contributed by atoms with Gasteiger partial charge in [-0.2, -0.15) is 0 Å². The summed E-state index contributed by atoms with van der Waals surface area (Å²) in [6.45, 7) is 2.00. The minimum absolute atomic E-state index is 0.0216. The van der Waals surface area contributed by atoms with E-state index in [4.69, 9.17) is 28.6 Å². The lowest BCUT2D eigenvalue weighted by molar-refractivity contribution is -0.134. The number of rotatable bonds is 2. The van der Waals surface area contributed by atoms with Crippen molar-refractivity contribution in [1.82, 2.24) is 4.98 Å². The number of carbonyl (C=O) groups excluding carboxylic acids is 1. The largest absolute Gasteiger partial charge is 0.461 e. The predicted octanol–water partition coefficient (Wildman–Crippen LogP) is 2.04. The van der Waals surface area contributed by atoms with Gasteiger partial charge in [0.05, 0.1) is 11.6 Å². The second-order valence-corrected chi connectivity index (χ2v) is 3.38. The highest BCUT2D eigenvalue weighted by atomic mass is 35.5. The van der Waals surface area contributed by atoms with Crippen LogP contribution in [0.1, 0.15) is 6.92 Å². The van der Waals surface area contributed by atoms with Crippen molar-refractivity contribution in [2.24, 2.45) is 0 Å². The van der Waals surface area contributed by atoms with Gasteiger partial charge in [-0.25, -0.2) is 9.78 Å². The second-order valence-electron chi connectivity index (χ2n) is 2.54. The van der Waals surface area contributed by atoms with Gasteiger partial charge in [0.25, 0.3) is 0 Å². The minimum Gasteiger partial charge on any atom is -0.461 e. The molecule has 80 valence electrons. The SMILES string of the molecule is CCOC(=O)C(=S)Nc1ccc(Cl)cn1. The predicted molar refractivity (Wildman–Crippen MR) is 62.1 cm³/mol. The van der Waals surface area contributed by atoms with Gasteiger partial charge in [0.1, 0.15) is 5.82 Å². The zero-order chi connectivity index (χ0) is 11.3. The topological polar surface area (TPSA) is 51.2 Å². The summed E-state index contributed by atoms with van der Waals surface area (Å²) >= 11 is 10.4. The van der Waals surface area contributed by atoms with Gasteiger partial charge in [-0.1, -0.05) is 23.8 Å². The molecule has 0 radical (unpaired) electrons. The van der Waals surface area contributed by atoms with Gasteiger partial charge in [-0.05, 0) is 19.1 Å². The monoisotopic (exact) mass is 244 g/mol. The van der Waals surface area contributed by atoms with E-state index < -0.39 is 5.97 Å². The molecule has 1 rings (SSSR count). The van der Waals surface area contributed by atoms with Crippen molar-refractivity contribution in [1.29, 1.82) is 0 Å². The van der Waals surface area contributed by atoms with Gasteiger partial charge in [0.2, 0.25) is 0 Å². The van der Waals surface area contributed by atoms with E-state index in [1.165, 1.54) is 6.20 Å². The molecule has 0 fully saturated rings. The maximum absolute atomic E-state index is 11.1. The van der Waals surface area contributed by atoms with Crippen molar-refractivity contribution in [2.75, 3.05) is 11.9 Å². The summed E-state index contributed by atoms with van der Waals surface area (Å²) in [6, 6.07) is 3.26. The Morgan fingerprint density at radius 3 is 2.93 bits per heavy atom. The molecule has 1 aromatic rings. The van der Waals surface area contributed by atoms with E-state index >= 15 is 0 Å². The summed E-state index contributed by atoms with van der Waals surface area (Å²) in [7, 11) is 0. The number of hydrogen-bond acceptors (Lipinski definition) is 4. The third-order valence-corrected chi connectivity index (χ3v) is 1.92. The van der Waals surface area contributed by atoms with Crippen LogP contribution < -0.4 is 5.32 Å². The standard InChI is InChI=1S/C9H9ClN2O2S/c1-2-14-9(13)8(15)12-7-4-3-6(10)5-11-7/h3-5H,2H2,1H3,(H,11,12,15). The lowest BCUT2D eigenvalue weighted by Gasteiger charge is -2.05. The van der Waals surface area contributed by atoms with Crippen molar-refractivity contribution in [3.63, 3.8) is 0 Å². The Kier molecular flexibility index (Phi) is 4.45. The van der Waals surface area contributed by atoms with Crippen molar-refractivity contribution in [2.45, 2.75) is 6.92 Å². The summed E-state index contributed by atoms with van der Waals surface area (Å²) < 4.78 is 4.70. The summed E-state index contributed by atoms with van der Waals surface area (Å²) in [5.41, 5.74) is 0. The molecule has 1 aromatic heterocycles. The first-order valence-corrected chi connectivity index (χ1v) is 5.01. The lowest BCUT2D eigenvalue weighted by Crippen LogP contribution is -2.23. The van der Waals surface area contributed by atoms with Gasteiger partial charge in [0.15, 0.2) is 4.99 Å². The highest BCUT2D eigenvalue weighted by Crippen LogP contribution is 2.09. The van der Waals surface area contributed by atoms with E-state index in [9.17, 15) is 4.79 Å². The van der Waals surface area contributed by atoms with Crippen LogP contribution in [0, 0.1) is 0 Å². The van der Waals surface area contributed by atoms with E-state index in [0.717, 1.165) is 0 Å². The number of esters is 1. The fourth-order valence-electron chi connectivity index (χ4n) is 0.814. The number of aromatic nitrogens is 1. The summed E-state index contributed by atoms with van der Waals surface area (Å²) in [6.07, 6.45) is 1.46. The minimum atomic E-state index is -0.566. The molecule has 0 aromatic carbocycles. The molecule has 1 N–H and O–H groups in total. The van der Waals surface area contributed by atoms with Gasteiger partial charge in [-0.3, -0.25) is 0 Å². The number of pyridine rings is 1. The van der Waals surface area contributed by atoms with E-state index in [2.05, 4.69) is 10.3 Å². The van der Waals surface area contributed by atoms with E-state index in [-0.39, 0.29) is 11.6 Å². The number of anilines is 1. The number of halogens is 1. The molecule has 0 aliphatic heterocycles. The maximum Gasteiger partial charge on any atom is 0.366 e. The molecule has 15 heavy (non-hydrogen) atoms. The molecule has 0 saturated carbocycles. The summed E-state index contributed by atoms with van der Waals surface area (Å²) in [5, 5.41) is 3.16. The highest BCUT2D eigenvalue weighted by molar-refractivity contribution is 7.82. The molecule has 0 aliphatic carbocycles. The third-order valence-electron chi connectivity index (χ3n) is 1.43. The molecule has 0 atom stereocenters. The molecule has 0 spiro atoms. The van der Waals surface area contributed by atoms with Crippen molar-refractivity contribution >= 4 is 40.6 Å². The number of carbonyl (C=O) groups is 1. The van der Waals surface area contributed by atoms with Crippen LogP contribution >= 0.6 is 23.8 Å². The Morgan fingerprint density at radius 1 is 1.67 bits per heavy atom. The average Bonchev–Trinajstić information content (AvgIpc) is 2.22. The molecule has 0 amide bonds. The van der Waals surface area contributed by atoms with Crippen LogP contribution in [-0.2, 0) is 9.53 Å². The number of ether oxygens (including phenoxy) is 1. The van der Waals surface area contributed by atoms with E-state index in [1.54, 1.807) is 19.1 Å². The van der Waals surface area contributed by atoms with Crippen LogP contribution in [0.2, 0.25) is 5.02 Å². The van der Waals surface area contributed by atoms with Gasteiger partial charge >= 0.3 is 5.97 Å². The van der Waals surface area contributed by atoms with Crippen molar-refractivity contribution in [3.05, 3.63) is 23.4 Å². The van der Waals surface area contributed by atoms with Crippen LogP contribution in [0.15, 0.2) is 18.3 Å². The number of thiocarbonyl (C=S) groups is 1. The molecule has 1 heterocycles. The Hall–Kier alpha value is -1.20. The van der Waals surface area contributed by atoms with Crippen LogP contribution in [0.5, 0.6) is 0 Å². The van der Waals surface area contributed by atoms with Crippen molar-refractivity contribution < 1.29 is 9.53 Å². The van der Waals surface area contributed by atoms with Crippen LogP contribution in [-0.4, -0.2) is 22.5 Å². The molecular weight excluding hydrogens is 236 g/mol. The number of hydrogen-bond donors (Lipinski definition) is 1. The number of nitrogens with zero attached hydrogens (tertiary/aromatic N) is 1. The van der Waals surface area contributed by atoms with Gasteiger partial charge in [-0.15, -0.1) is 0 Å². The molecule has 0 saturated heterocycles. The normalized spacial score (nSPS) is 9.47. The first-order chi connectivity index (χ1) is 7.13. The molecule has 6 heteroatoms. The van der Waals surface area contributed by atoms with Crippen molar-refractivity contribution in [3.8, 4) is 0 Å². The second kappa shape index (κ2) is 5.63. The Labute approximate surface area is 97.6 Å². The summed E-state index contributed by atoms with van der Waals surface area (Å²) in [5.74, 6) is -0.110. The summed E-state index contributed by atoms with van der Waals surface area (Å²) in [4.78, 5) is 15.0. The highest BCUT2D eigenvalue weighted by Gasteiger charge is 2.10. The van der Waals surface area contributed by atoms with Gasteiger partial charge < -0.3 is 10.1 Å². The first kappa shape index (κ1) is 11.9. The lowest BCUT2D eigenvalue weighted by atomic mass is 10.4. The zero-order valence-corrected chi connectivity index (χ0v) is 9.56. The first-order valence-electron chi connectivity index (χ1n) is 4.23. The van der Waals surface area contributed by atoms with Crippen LogP contribution in [0.25, 0.3) is 0 Å². The quantitative estimate of drug-likeness (QED) is 0.637. The van der Waals surface area contributed by atoms with Gasteiger partial charge in [0, 0.05) is 6.20 Å². The fourth-order valence-corrected chi connectivity index (χ4v) is 1.09. The maximum atomic E-state index is 11.1. The smallest absolute Gasteiger partial charge is 0.366 e. The van der Waals surface area contributed by atoms with E-state index in [1.807, 2.05) is 0 Å².